The van der Waals surface area contributed by atoms with Gasteiger partial charge in [-0.1, -0.05) is 25.7 Å². The molecule has 1 atom stereocenters. The molecule has 1 N–H and O–H groups in total. The number of aromatic nitrogens is 1. The van der Waals surface area contributed by atoms with E-state index in [4.69, 9.17) is 4.98 Å². The van der Waals surface area contributed by atoms with Gasteiger partial charge in [0.2, 0.25) is 11.8 Å². The van der Waals surface area contributed by atoms with E-state index in [9.17, 15) is 9.59 Å². The van der Waals surface area contributed by atoms with Crippen molar-refractivity contribution in [1.82, 2.24) is 15.2 Å². The molecule has 4 rings (SSSR count). The number of aryl methyl sites for hydroxylation is 1. The summed E-state index contributed by atoms with van der Waals surface area (Å²) in [6.45, 7) is 4.87. The monoisotopic (exact) mass is 404 g/mol. The molecule has 2 aliphatic carbocycles. The van der Waals surface area contributed by atoms with E-state index in [1.54, 1.807) is 18.3 Å². The van der Waals surface area contributed by atoms with Crippen LogP contribution < -0.4 is 10.2 Å². The van der Waals surface area contributed by atoms with Gasteiger partial charge in [-0.25, -0.2) is 4.98 Å². The molecule has 1 aromatic rings. The second-order valence-electron chi connectivity index (χ2n) is 8.50. The second-order valence-corrected chi connectivity index (χ2v) is 9.56. The lowest BCUT2D eigenvalue weighted by atomic mass is 9.90. The number of thiazole rings is 1. The highest BCUT2D eigenvalue weighted by Crippen LogP contribution is 2.34. The van der Waals surface area contributed by atoms with Crippen LogP contribution in [0.4, 0.5) is 5.13 Å². The Labute approximate surface area is 171 Å². The summed E-state index contributed by atoms with van der Waals surface area (Å²) >= 11 is 1.75. The minimum atomic E-state index is 0.0959. The number of carbonyl (C=O) groups is 2. The Morgan fingerprint density at radius 3 is 2.43 bits per heavy atom. The minimum absolute atomic E-state index is 0.0959. The van der Waals surface area contributed by atoms with E-state index in [0.717, 1.165) is 63.4 Å². The number of amides is 2. The summed E-state index contributed by atoms with van der Waals surface area (Å²) in [6, 6.07) is 0.381. The van der Waals surface area contributed by atoms with Gasteiger partial charge >= 0.3 is 0 Å². The molecule has 2 fully saturated rings. The van der Waals surface area contributed by atoms with Gasteiger partial charge in [0.15, 0.2) is 5.13 Å². The van der Waals surface area contributed by atoms with Crippen LogP contribution in [0.2, 0.25) is 0 Å². The number of hydrogen-bond acceptors (Lipinski definition) is 5. The van der Waals surface area contributed by atoms with Crippen LogP contribution >= 0.6 is 11.3 Å². The van der Waals surface area contributed by atoms with Gasteiger partial charge in [0.25, 0.3) is 0 Å². The number of anilines is 1. The molecule has 2 heterocycles. The number of piperazine rings is 1. The van der Waals surface area contributed by atoms with Crippen molar-refractivity contribution in [2.45, 2.75) is 70.8 Å². The van der Waals surface area contributed by atoms with Gasteiger partial charge in [0.1, 0.15) is 0 Å². The molecule has 28 heavy (non-hydrogen) atoms. The zero-order valence-corrected chi connectivity index (χ0v) is 17.7. The summed E-state index contributed by atoms with van der Waals surface area (Å²) in [5, 5.41) is 4.41. The highest BCUT2D eigenvalue weighted by Gasteiger charge is 2.30. The maximum Gasteiger partial charge on any atom is 0.223 e. The Bertz CT molecular complexity index is 703. The molecule has 0 unspecified atom stereocenters. The third-order valence-corrected chi connectivity index (χ3v) is 7.68. The molecule has 0 radical (unpaired) electrons. The summed E-state index contributed by atoms with van der Waals surface area (Å²) in [6.07, 6.45) is 10.0. The lowest BCUT2D eigenvalue weighted by Crippen LogP contribution is -2.48. The molecule has 2 amide bonds. The number of nitrogens with zero attached hydrogens (tertiary/aromatic N) is 3. The molecule has 3 aliphatic rings. The Balaban J connectivity index is 1.34. The molecular weight excluding hydrogens is 372 g/mol. The zero-order chi connectivity index (χ0) is 19.5. The summed E-state index contributed by atoms with van der Waals surface area (Å²) in [5.74, 6) is 0.502. The second kappa shape index (κ2) is 8.80. The maximum absolute atomic E-state index is 12.8. The summed E-state index contributed by atoms with van der Waals surface area (Å²) in [5.41, 5.74) is 1.19. The summed E-state index contributed by atoms with van der Waals surface area (Å²) in [4.78, 5) is 34.7. The smallest absolute Gasteiger partial charge is 0.223 e. The van der Waals surface area contributed by atoms with Crippen LogP contribution in [0, 0.1) is 5.92 Å². The molecule has 0 spiro atoms. The fourth-order valence-corrected chi connectivity index (χ4v) is 5.91. The highest BCUT2D eigenvalue weighted by molar-refractivity contribution is 7.15. The molecule has 1 saturated heterocycles. The summed E-state index contributed by atoms with van der Waals surface area (Å²) < 4.78 is 0. The highest BCUT2D eigenvalue weighted by atomic mass is 32.1. The number of nitrogens with one attached hydrogen (secondary N) is 1. The van der Waals surface area contributed by atoms with Crippen molar-refractivity contribution in [1.29, 1.82) is 0 Å². The molecule has 1 aromatic heterocycles. The topological polar surface area (TPSA) is 65.5 Å². The zero-order valence-electron chi connectivity index (χ0n) is 16.9. The van der Waals surface area contributed by atoms with Crippen LogP contribution in [0.3, 0.4) is 0 Å². The van der Waals surface area contributed by atoms with Crippen molar-refractivity contribution in [3.05, 3.63) is 10.6 Å². The molecule has 0 bridgehead atoms. The van der Waals surface area contributed by atoms with E-state index >= 15 is 0 Å². The standard InChI is InChI=1S/C21H32N4O2S/c1-15(26)24-10-12-25(13-11-24)21-23-18-9-8-16(14-19(18)28-21)20(27)22-17-6-4-2-3-5-7-17/h16-17H,2-14H2,1H3,(H,22,27)/t16-/m0/s1. The van der Waals surface area contributed by atoms with Crippen molar-refractivity contribution in [3.63, 3.8) is 0 Å². The van der Waals surface area contributed by atoms with Crippen LogP contribution in [0.5, 0.6) is 0 Å². The van der Waals surface area contributed by atoms with Crippen LogP contribution in [-0.2, 0) is 22.4 Å². The van der Waals surface area contributed by atoms with Gasteiger partial charge in [0, 0.05) is 49.9 Å². The first kappa shape index (κ1) is 19.7. The Morgan fingerprint density at radius 2 is 1.75 bits per heavy atom. The van der Waals surface area contributed by atoms with Gasteiger partial charge in [-0.2, -0.15) is 0 Å². The van der Waals surface area contributed by atoms with Crippen molar-refractivity contribution >= 4 is 28.3 Å². The van der Waals surface area contributed by atoms with E-state index in [2.05, 4.69) is 10.2 Å². The fraction of sp³-hybridized carbons (Fsp3) is 0.762. The van der Waals surface area contributed by atoms with E-state index < -0.39 is 0 Å². The predicted octanol–water partition coefficient (Wildman–Crippen LogP) is 2.76. The van der Waals surface area contributed by atoms with Crippen LogP contribution in [0.1, 0.15) is 62.4 Å². The number of carbonyl (C=O) groups excluding carboxylic acids is 2. The van der Waals surface area contributed by atoms with E-state index in [1.165, 1.54) is 36.3 Å². The Kier molecular flexibility index (Phi) is 6.19. The predicted molar refractivity (Wildman–Crippen MR) is 112 cm³/mol. The van der Waals surface area contributed by atoms with Gasteiger partial charge in [-0.05, 0) is 32.1 Å². The minimum Gasteiger partial charge on any atom is -0.353 e. The first-order chi connectivity index (χ1) is 13.6. The first-order valence-electron chi connectivity index (χ1n) is 10.9. The molecule has 7 heteroatoms. The van der Waals surface area contributed by atoms with Crippen molar-refractivity contribution in [2.24, 2.45) is 5.92 Å². The molecule has 154 valence electrons. The Hall–Kier alpha value is -1.63. The van der Waals surface area contributed by atoms with Gasteiger partial charge in [0.05, 0.1) is 5.69 Å². The number of fused-ring (bicyclic) bond motifs is 1. The van der Waals surface area contributed by atoms with Crippen LogP contribution in [0.25, 0.3) is 0 Å². The molecule has 1 aliphatic heterocycles. The first-order valence-corrected chi connectivity index (χ1v) is 11.7. The molecule has 6 nitrogen and oxygen atoms in total. The van der Waals surface area contributed by atoms with Crippen LogP contribution in [-0.4, -0.2) is 53.9 Å². The van der Waals surface area contributed by atoms with Crippen molar-refractivity contribution < 1.29 is 9.59 Å². The van der Waals surface area contributed by atoms with E-state index in [0.29, 0.717) is 6.04 Å². The molecule has 1 saturated carbocycles. The SMILES string of the molecule is CC(=O)N1CCN(c2nc3c(s2)C[C@@H](C(=O)NC2CCCCCC2)CC3)CC1. The van der Waals surface area contributed by atoms with Gasteiger partial charge in [-0.15, -0.1) is 11.3 Å². The Morgan fingerprint density at radius 1 is 1.04 bits per heavy atom. The number of rotatable bonds is 3. The van der Waals surface area contributed by atoms with Gasteiger partial charge in [-0.3, -0.25) is 9.59 Å². The molecule has 0 aromatic carbocycles. The van der Waals surface area contributed by atoms with Crippen molar-refractivity contribution in [2.75, 3.05) is 31.1 Å². The van der Waals surface area contributed by atoms with Crippen molar-refractivity contribution in [3.8, 4) is 0 Å². The van der Waals surface area contributed by atoms with E-state index in [1.807, 2.05) is 4.90 Å². The third kappa shape index (κ3) is 4.50. The third-order valence-electron chi connectivity index (χ3n) is 6.50. The molecular formula is C21H32N4O2S. The average Bonchev–Trinajstić information content (AvgIpc) is 2.97. The van der Waals surface area contributed by atoms with Crippen LogP contribution in [0.15, 0.2) is 0 Å². The lowest BCUT2D eigenvalue weighted by Gasteiger charge is -2.33. The largest absolute Gasteiger partial charge is 0.353 e. The van der Waals surface area contributed by atoms with E-state index in [-0.39, 0.29) is 17.7 Å². The maximum atomic E-state index is 12.8. The summed E-state index contributed by atoms with van der Waals surface area (Å²) in [7, 11) is 0. The fourth-order valence-electron chi connectivity index (χ4n) is 4.68. The van der Waals surface area contributed by atoms with Gasteiger partial charge < -0.3 is 15.1 Å². The quantitative estimate of drug-likeness (QED) is 0.787. The normalized spacial score (nSPS) is 23.8. The average molecular weight is 405 g/mol. The number of hydrogen-bond donors (Lipinski definition) is 1. The lowest BCUT2D eigenvalue weighted by molar-refractivity contribution is -0.129.